The Morgan fingerprint density at radius 3 is 2.50 bits per heavy atom. The van der Waals surface area contributed by atoms with Gasteiger partial charge in [-0.05, 0) is 0 Å². The van der Waals surface area contributed by atoms with Gasteiger partial charge in [-0.25, -0.2) is 4.39 Å². The molecule has 2 nitrogen and oxygen atoms in total. The molecular weight excluding hydrogens is 197 g/mol. The van der Waals surface area contributed by atoms with Crippen LogP contribution in [0.25, 0.3) is 0 Å². The van der Waals surface area contributed by atoms with Crippen LogP contribution in [0.5, 0.6) is 0 Å². The molecule has 6 heteroatoms. The van der Waals surface area contributed by atoms with Crippen molar-refractivity contribution in [3.63, 3.8) is 0 Å². The molecule has 0 aliphatic carbocycles. The number of halogens is 4. The van der Waals surface area contributed by atoms with Crippen molar-refractivity contribution < 1.29 is 22.6 Å². The highest BCUT2D eigenvalue weighted by Crippen LogP contribution is 2.25. The Balaban J connectivity index is 3.54. The van der Waals surface area contributed by atoms with E-state index in [2.05, 4.69) is 27.7 Å². The van der Waals surface area contributed by atoms with Gasteiger partial charge in [0.15, 0.2) is 0 Å². The SMILES string of the molecule is C=COCCOC(F)(F)C(F)Cl. The van der Waals surface area contributed by atoms with Crippen LogP contribution in [0, 0.1) is 0 Å². The van der Waals surface area contributed by atoms with Crippen molar-refractivity contribution in [3.05, 3.63) is 12.8 Å². The fourth-order valence-electron chi connectivity index (χ4n) is 0.372. The van der Waals surface area contributed by atoms with Gasteiger partial charge in [0, 0.05) is 0 Å². The summed E-state index contributed by atoms with van der Waals surface area (Å²) in [5, 5.41) is 0. The van der Waals surface area contributed by atoms with Crippen LogP contribution >= 0.6 is 11.6 Å². The molecule has 1 unspecified atom stereocenters. The fourth-order valence-corrected chi connectivity index (χ4v) is 0.435. The molecule has 1 atom stereocenters. The highest BCUT2D eigenvalue weighted by molar-refractivity contribution is 6.20. The molecule has 0 aromatic carbocycles. The van der Waals surface area contributed by atoms with E-state index in [9.17, 15) is 13.2 Å². The number of rotatable bonds is 6. The summed E-state index contributed by atoms with van der Waals surface area (Å²) in [4.78, 5) is 0. The van der Waals surface area contributed by atoms with Crippen molar-refractivity contribution in [2.45, 2.75) is 11.7 Å². The third-order valence-electron chi connectivity index (χ3n) is 0.868. The van der Waals surface area contributed by atoms with Gasteiger partial charge in [-0.15, -0.1) is 0 Å². The van der Waals surface area contributed by atoms with Crippen molar-refractivity contribution >= 4 is 11.6 Å². The fraction of sp³-hybridized carbons (Fsp3) is 0.667. The summed E-state index contributed by atoms with van der Waals surface area (Å²) >= 11 is 4.48. The van der Waals surface area contributed by atoms with Crippen molar-refractivity contribution in [2.75, 3.05) is 13.2 Å². The topological polar surface area (TPSA) is 18.5 Å². The van der Waals surface area contributed by atoms with Gasteiger partial charge in [0.2, 0.25) is 0 Å². The molecule has 0 bridgehead atoms. The Morgan fingerprint density at radius 2 is 2.08 bits per heavy atom. The first-order chi connectivity index (χ1) is 5.50. The van der Waals surface area contributed by atoms with Crippen LogP contribution in [-0.4, -0.2) is 25.0 Å². The average molecular weight is 205 g/mol. The first-order valence-corrected chi connectivity index (χ1v) is 3.46. The Labute approximate surface area is 72.9 Å². The number of hydrogen-bond donors (Lipinski definition) is 0. The van der Waals surface area contributed by atoms with E-state index < -0.39 is 18.3 Å². The lowest BCUT2D eigenvalue weighted by molar-refractivity contribution is -0.259. The number of hydrogen-bond acceptors (Lipinski definition) is 2. The first kappa shape index (κ1) is 11.6. The highest BCUT2D eigenvalue weighted by atomic mass is 35.5. The molecule has 0 aliphatic rings. The summed E-state index contributed by atoms with van der Waals surface area (Å²) < 4.78 is 44.4. The largest absolute Gasteiger partial charge is 0.499 e. The van der Waals surface area contributed by atoms with E-state index in [-0.39, 0.29) is 6.61 Å². The molecule has 0 fully saturated rings. The molecule has 0 radical (unpaired) electrons. The van der Waals surface area contributed by atoms with E-state index in [4.69, 9.17) is 0 Å². The second-order valence-corrected chi connectivity index (χ2v) is 2.13. The second-order valence-electron chi connectivity index (χ2n) is 1.75. The van der Waals surface area contributed by atoms with E-state index in [1.807, 2.05) is 0 Å². The summed E-state index contributed by atoms with van der Waals surface area (Å²) in [6, 6.07) is 0. The summed E-state index contributed by atoms with van der Waals surface area (Å²) in [6.07, 6.45) is -2.90. The lowest BCUT2D eigenvalue weighted by atomic mass is 10.6. The van der Waals surface area contributed by atoms with E-state index in [1.54, 1.807) is 0 Å². The lowest BCUT2D eigenvalue weighted by Gasteiger charge is -2.15. The standard InChI is InChI=1S/C6H8ClF3O2/c1-2-11-3-4-12-6(9,10)5(7)8/h2,5H,1,3-4H2. The Hall–Kier alpha value is -0.420. The Morgan fingerprint density at radius 1 is 1.50 bits per heavy atom. The van der Waals surface area contributed by atoms with Gasteiger partial charge in [-0.3, -0.25) is 0 Å². The maximum Gasteiger partial charge on any atom is 0.401 e. The minimum atomic E-state index is -3.97. The molecule has 0 N–H and O–H groups in total. The quantitative estimate of drug-likeness (QED) is 0.376. The van der Waals surface area contributed by atoms with Crippen molar-refractivity contribution in [3.8, 4) is 0 Å². The summed E-state index contributed by atoms with van der Waals surface area (Å²) in [5.74, 6) is 0. The minimum Gasteiger partial charge on any atom is -0.499 e. The maximum absolute atomic E-state index is 12.2. The molecule has 0 saturated heterocycles. The molecule has 0 amide bonds. The molecule has 12 heavy (non-hydrogen) atoms. The van der Waals surface area contributed by atoms with Gasteiger partial charge in [0.25, 0.3) is 5.63 Å². The molecular formula is C6H8ClF3O2. The summed E-state index contributed by atoms with van der Waals surface area (Å²) in [5.41, 5.74) is -2.85. The lowest BCUT2D eigenvalue weighted by Crippen LogP contribution is -2.30. The van der Waals surface area contributed by atoms with Crippen LogP contribution in [0.4, 0.5) is 13.2 Å². The number of ether oxygens (including phenoxy) is 2. The van der Waals surface area contributed by atoms with Gasteiger partial charge in [-0.2, -0.15) is 8.78 Å². The maximum atomic E-state index is 12.2. The average Bonchev–Trinajstić information content (AvgIpc) is 1.98. The van der Waals surface area contributed by atoms with E-state index in [0.29, 0.717) is 0 Å². The van der Waals surface area contributed by atoms with Gasteiger partial charge >= 0.3 is 6.11 Å². The van der Waals surface area contributed by atoms with Crippen molar-refractivity contribution in [1.82, 2.24) is 0 Å². The molecule has 0 heterocycles. The van der Waals surface area contributed by atoms with Crippen molar-refractivity contribution in [2.24, 2.45) is 0 Å². The Kier molecular flexibility index (Phi) is 5.08. The molecule has 0 saturated carbocycles. The monoisotopic (exact) mass is 204 g/mol. The minimum absolute atomic E-state index is 0.122. The zero-order valence-corrected chi connectivity index (χ0v) is 6.86. The second kappa shape index (κ2) is 5.27. The zero-order chi connectivity index (χ0) is 9.61. The highest BCUT2D eigenvalue weighted by Gasteiger charge is 2.40. The van der Waals surface area contributed by atoms with E-state index in [0.717, 1.165) is 6.26 Å². The van der Waals surface area contributed by atoms with Crippen LogP contribution in [0.2, 0.25) is 0 Å². The molecule has 0 aromatic heterocycles. The molecule has 0 aromatic rings. The predicted molar refractivity (Wildman–Crippen MR) is 37.8 cm³/mol. The molecule has 72 valence electrons. The van der Waals surface area contributed by atoms with Gasteiger partial charge in [0.05, 0.1) is 12.9 Å². The Bertz CT molecular complexity index is 141. The van der Waals surface area contributed by atoms with Gasteiger partial charge in [0.1, 0.15) is 6.61 Å². The van der Waals surface area contributed by atoms with Crippen LogP contribution in [0.1, 0.15) is 0 Å². The first-order valence-electron chi connectivity index (χ1n) is 3.03. The van der Waals surface area contributed by atoms with Crippen molar-refractivity contribution in [1.29, 1.82) is 0 Å². The van der Waals surface area contributed by atoms with E-state index >= 15 is 0 Å². The van der Waals surface area contributed by atoms with Crippen LogP contribution in [-0.2, 0) is 9.47 Å². The number of alkyl halides is 4. The van der Waals surface area contributed by atoms with Crippen LogP contribution in [0.15, 0.2) is 12.8 Å². The third-order valence-corrected chi connectivity index (χ3v) is 1.12. The predicted octanol–water partition coefficient (Wildman–Crippen LogP) is 2.29. The van der Waals surface area contributed by atoms with Crippen LogP contribution in [0.3, 0.4) is 0 Å². The zero-order valence-electron chi connectivity index (χ0n) is 6.10. The molecule has 0 aliphatic heterocycles. The summed E-state index contributed by atoms with van der Waals surface area (Å²) in [6.45, 7) is 2.59. The van der Waals surface area contributed by atoms with Crippen LogP contribution < -0.4 is 0 Å². The van der Waals surface area contributed by atoms with E-state index in [1.165, 1.54) is 0 Å². The molecule has 0 spiro atoms. The summed E-state index contributed by atoms with van der Waals surface area (Å²) in [7, 11) is 0. The molecule has 0 rings (SSSR count). The normalized spacial score (nSPS) is 14.0. The van der Waals surface area contributed by atoms with Gasteiger partial charge in [-0.1, -0.05) is 18.2 Å². The third kappa shape index (κ3) is 4.46. The van der Waals surface area contributed by atoms with Gasteiger partial charge < -0.3 is 9.47 Å². The smallest absolute Gasteiger partial charge is 0.401 e.